The molecule has 1 aliphatic heterocycles. The first-order valence-electron chi connectivity index (χ1n) is 5.87. The van der Waals surface area contributed by atoms with E-state index in [2.05, 4.69) is 5.32 Å². The van der Waals surface area contributed by atoms with Crippen molar-refractivity contribution in [3.8, 4) is 0 Å². The van der Waals surface area contributed by atoms with Crippen molar-refractivity contribution in [2.75, 3.05) is 6.54 Å². The Balaban J connectivity index is 2.07. The highest BCUT2D eigenvalue weighted by molar-refractivity contribution is 6.31. The first-order valence-corrected chi connectivity index (χ1v) is 6.25. The molecule has 0 aromatic heterocycles. The topological polar surface area (TPSA) is 29.1 Å². The van der Waals surface area contributed by atoms with Crippen molar-refractivity contribution in [3.63, 3.8) is 0 Å². The lowest BCUT2D eigenvalue weighted by Gasteiger charge is -2.22. The average Bonchev–Trinajstić information content (AvgIpc) is 2.35. The quantitative estimate of drug-likeness (QED) is 0.900. The van der Waals surface area contributed by atoms with E-state index in [0.717, 1.165) is 25.8 Å². The van der Waals surface area contributed by atoms with E-state index in [1.807, 2.05) is 0 Å². The van der Waals surface area contributed by atoms with Crippen molar-refractivity contribution >= 4 is 17.4 Å². The van der Waals surface area contributed by atoms with Gasteiger partial charge in [-0.2, -0.15) is 0 Å². The summed E-state index contributed by atoms with van der Waals surface area (Å²) in [7, 11) is 0. The van der Waals surface area contributed by atoms with Gasteiger partial charge >= 0.3 is 0 Å². The molecule has 1 aliphatic rings. The van der Waals surface area contributed by atoms with Crippen LogP contribution in [0.3, 0.4) is 0 Å². The zero-order valence-corrected chi connectivity index (χ0v) is 10.3. The van der Waals surface area contributed by atoms with Gasteiger partial charge < -0.3 is 5.32 Å². The van der Waals surface area contributed by atoms with Gasteiger partial charge in [-0.3, -0.25) is 4.79 Å². The van der Waals surface area contributed by atoms with E-state index in [0.29, 0.717) is 10.6 Å². The van der Waals surface area contributed by atoms with Crippen molar-refractivity contribution in [3.05, 3.63) is 34.6 Å². The molecule has 0 spiro atoms. The second-order valence-corrected chi connectivity index (χ2v) is 4.75. The monoisotopic (exact) mass is 255 g/mol. The van der Waals surface area contributed by atoms with Gasteiger partial charge in [-0.05, 0) is 31.5 Å². The summed E-state index contributed by atoms with van der Waals surface area (Å²) in [4.78, 5) is 12.0. The number of nitrogens with one attached hydrogen (secondary N) is 1. The number of carbonyl (C=O) groups excluding carboxylic acids is 1. The van der Waals surface area contributed by atoms with Crippen LogP contribution >= 0.6 is 11.6 Å². The predicted molar refractivity (Wildman–Crippen MR) is 65.8 cm³/mol. The first kappa shape index (κ1) is 12.5. The number of carbonyl (C=O) groups is 1. The molecule has 0 radical (unpaired) electrons. The molecule has 1 N–H and O–H groups in total. The van der Waals surface area contributed by atoms with Crippen molar-refractivity contribution in [2.24, 2.45) is 0 Å². The Morgan fingerprint density at radius 1 is 1.47 bits per heavy atom. The molecule has 17 heavy (non-hydrogen) atoms. The third-order valence-electron chi connectivity index (χ3n) is 3.11. The molecule has 4 heteroatoms. The van der Waals surface area contributed by atoms with Crippen molar-refractivity contribution in [1.82, 2.24) is 5.32 Å². The molecule has 2 nitrogen and oxygen atoms in total. The Labute approximate surface area is 105 Å². The van der Waals surface area contributed by atoms with Gasteiger partial charge in [0.05, 0.1) is 6.04 Å². The minimum atomic E-state index is -0.401. The Kier molecular flexibility index (Phi) is 4.13. The predicted octanol–water partition coefficient (Wildman–Crippen LogP) is 2.73. The van der Waals surface area contributed by atoms with Gasteiger partial charge in [0.2, 0.25) is 0 Å². The molecule has 2 rings (SSSR count). The molecule has 1 aromatic carbocycles. The minimum Gasteiger partial charge on any atom is -0.307 e. The summed E-state index contributed by atoms with van der Waals surface area (Å²) in [5, 5.41) is 3.49. The number of Topliss-reactive ketones (excluding diaryl/α,β-unsaturated/α-hetero) is 1. The van der Waals surface area contributed by atoms with Crippen LogP contribution in [0.25, 0.3) is 0 Å². The summed E-state index contributed by atoms with van der Waals surface area (Å²) < 4.78 is 13.5. The van der Waals surface area contributed by atoms with E-state index in [9.17, 15) is 9.18 Å². The Morgan fingerprint density at radius 3 is 2.94 bits per heavy atom. The second kappa shape index (κ2) is 5.61. The summed E-state index contributed by atoms with van der Waals surface area (Å²) in [5.41, 5.74) is 0.312. The molecule has 1 fully saturated rings. The number of benzene rings is 1. The number of hydrogen-bond acceptors (Lipinski definition) is 2. The number of ketones is 1. The highest BCUT2D eigenvalue weighted by atomic mass is 35.5. The summed E-state index contributed by atoms with van der Waals surface area (Å²) in [6.07, 6.45) is 3.06. The summed E-state index contributed by atoms with van der Waals surface area (Å²) in [5.74, 6) is -0.377. The molecule has 0 aliphatic carbocycles. The molecular formula is C13H15ClFNO. The third kappa shape index (κ3) is 3.05. The highest BCUT2D eigenvalue weighted by Gasteiger charge is 2.22. The molecule has 0 saturated carbocycles. The molecule has 1 saturated heterocycles. The smallest absolute Gasteiger partial charge is 0.154 e. The molecule has 1 unspecified atom stereocenters. The largest absolute Gasteiger partial charge is 0.307 e. The fourth-order valence-corrected chi connectivity index (χ4v) is 2.36. The standard InChI is InChI=1S/C13H15ClFNO/c14-10-4-3-5-11(15)9(10)8-13(17)12-6-1-2-7-16-12/h3-5,12,16H,1-2,6-8H2. The van der Waals surface area contributed by atoms with Gasteiger partial charge in [0.1, 0.15) is 5.82 Å². The Morgan fingerprint density at radius 2 is 2.29 bits per heavy atom. The van der Waals surface area contributed by atoms with Gasteiger partial charge in [0.25, 0.3) is 0 Å². The maximum atomic E-state index is 13.5. The SMILES string of the molecule is O=C(Cc1c(F)cccc1Cl)C1CCCCN1. The van der Waals surface area contributed by atoms with E-state index in [-0.39, 0.29) is 18.2 Å². The van der Waals surface area contributed by atoms with Crippen LogP contribution < -0.4 is 5.32 Å². The normalized spacial score (nSPS) is 20.2. The lowest BCUT2D eigenvalue weighted by atomic mass is 9.96. The minimum absolute atomic E-state index is 0.0247. The molecule has 92 valence electrons. The molecule has 1 atom stereocenters. The van der Waals surface area contributed by atoms with E-state index in [1.54, 1.807) is 12.1 Å². The fourth-order valence-electron chi connectivity index (χ4n) is 2.13. The van der Waals surface area contributed by atoms with E-state index in [4.69, 9.17) is 11.6 Å². The second-order valence-electron chi connectivity index (χ2n) is 4.35. The molecule has 0 bridgehead atoms. The van der Waals surface area contributed by atoms with Crippen LogP contribution in [0.1, 0.15) is 24.8 Å². The summed E-state index contributed by atoms with van der Waals surface area (Å²) in [6, 6.07) is 4.36. The van der Waals surface area contributed by atoms with Crippen LogP contribution in [-0.4, -0.2) is 18.4 Å². The lowest BCUT2D eigenvalue weighted by Crippen LogP contribution is -2.41. The van der Waals surface area contributed by atoms with Gasteiger partial charge in [0, 0.05) is 17.0 Å². The van der Waals surface area contributed by atoms with Crippen molar-refractivity contribution in [2.45, 2.75) is 31.7 Å². The van der Waals surface area contributed by atoms with Gasteiger partial charge in [0.15, 0.2) is 5.78 Å². The van der Waals surface area contributed by atoms with Gasteiger partial charge in [-0.25, -0.2) is 4.39 Å². The molecular weight excluding hydrogens is 241 g/mol. The summed E-state index contributed by atoms with van der Waals surface area (Å²) in [6.45, 7) is 0.863. The molecule has 1 aromatic rings. The maximum Gasteiger partial charge on any atom is 0.154 e. The van der Waals surface area contributed by atoms with Crippen LogP contribution in [0.2, 0.25) is 5.02 Å². The van der Waals surface area contributed by atoms with Gasteiger partial charge in [-0.1, -0.05) is 24.1 Å². The number of hydrogen-bond donors (Lipinski definition) is 1. The Bertz CT molecular complexity index is 396. The highest BCUT2D eigenvalue weighted by Crippen LogP contribution is 2.21. The van der Waals surface area contributed by atoms with Crippen LogP contribution in [-0.2, 0) is 11.2 Å². The lowest BCUT2D eigenvalue weighted by molar-refractivity contribution is -0.121. The number of piperidine rings is 1. The maximum absolute atomic E-state index is 13.5. The van der Waals surface area contributed by atoms with Crippen molar-refractivity contribution in [1.29, 1.82) is 0 Å². The third-order valence-corrected chi connectivity index (χ3v) is 3.47. The van der Waals surface area contributed by atoms with Gasteiger partial charge in [-0.15, -0.1) is 0 Å². The van der Waals surface area contributed by atoms with Crippen LogP contribution in [0, 0.1) is 5.82 Å². The van der Waals surface area contributed by atoms with Crippen LogP contribution in [0.15, 0.2) is 18.2 Å². The number of rotatable bonds is 3. The average molecular weight is 256 g/mol. The zero-order chi connectivity index (χ0) is 12.3. The Hall–Kier alpha value is -0.930. The van der Waals surface area contributed by atoms with Crippen LogP contribution in [0.4, 0.5) is 4.39 Å². The molecule has 1 heterocycles. The van der Waals surface area contributed by atoms with Crippen molar-refractivity contribution < 1.29 is 9.18 Å². The zero-order valence-electron chi connectivity index (χ0n) is 9.51. The van der Waals surface area contributed by atoms with Crippen LogP contribution in [0.5, 0.6) is 0 Å². The van der Waals surface area contributed by atoms with E-state index < -0.39 is 5.82 Å². The fraction of sp³-hybridized carbons (Fsp3) is 0.462. The number of halogens is 2. The van der Waals surface area contributed by atoms with E-state index in [1.165, 1.54) is 6.07 Å². The first-order chi connectivity index (χ1) is 8.18. The summed E-state index contributed by atoms with van der Waals surface area (Å²) >= 11 is 5.90. The molecule has 0 amide bonds. The van der Waals surface area contributed by atoms with E-state index >= 15 is 0 Å².